The minimum absolute atomic E-state index is 0.0367. The van der Waals surface area contributed by atoms with Crippen molar-refractivity contribution < 1.29 is 31.0 Å². The molecule has 2 N–H and O–H groups in total. The molecule has 0 bridgehead atoms. The molecule has 0 atom stereocenters. The van der Waals surface area contributed by atoms with Crippen molar-refractivity contribution in [3.63, 3.8) is 0 Å². The van der Waals surface area contributed by atoms with Gasteiger partial charge in [-0.05, 0) is 52.2 Å². The Kier molecular flexibility index (Phi) is 8.47. The first-order valence-electron chi connectivity index (χ1n) is 13.1. The number of rotatable bonds is 6. The number of alkyl halides is 2. The van der Waals surface area contributed by atoms with Gasteiger partial charge in [-0.2, -0.15) is 8.42 Å². The van der Waals surface area contributed by atoms with E-state index in [0.717, 1.165) is 50.3 Å². The fraction of sp³-hybridized carbons (Fsp3) is 0.538. The van der Waals surface area contributed by atoms with Crippen LogP contribution in [0.25, 0.3) is 0 Å². The molecular weight excluding hydrogens is 546 g/mol. The first-order valence-corrected chi connectivity index (χ1v) is 14.6. The van der Waals surface area contributed by atoms with Gasteiger partial charge in [0.1, 0.15) is 5.82 Å². The van der Waals surface area contributed by atoms with Crippen LogP contribution in [-0.4, -0.2) is 68.0 Å². The monoisotopic (exact) mass is 580 g/mol. The fourth-order valence-electron chi connectivity index (χ4n) is 4.53. The maximum atomic E-state index is 13.8. The lowest BCUT2D eigenvalue weighted by Gasteiger charge is -2.34. The van der Waals surface area contributed by atoms with Crippen LogP contribution in [0, 0.1) is 0 Å². The molecule has 4 heterocycles. The molecule has 2 amide bonds. The van der Waals surface area contributed by atoms with E-state index in [-0.39, 0.29) is 43.0 Å². The molecule has 11 nitrogen and oxygen atoms in total. The van der Waals surface area contributed by atoms with Crippen LogP contribution in [0.5, 0.6) is 0 Å². The van der Waals surface area contributed by atoms with Crippen LogP contribution in [-0.2, 0) is 14.3 Å². The third-order valence-corrected chi connectivity index (χ3v) is 7.63. The normalized spacial score (nSPS) is 17.7. The van der Waals surface area contributed by atoms with Crippen LogP contribution in [0.3, 0.4) is 0 Å². The highest BCUT2D eigenvalue weighted by atomic mass is 32.2. The lowest BCUT2D eigenvalue weighted by Crippen LogP contribution is -2.41. The summed E-state index contributed by atoms with van der Waals surface area (Å²) in [6.45, 7) is 6.68. The van der Waals surface area contributed by atoms with Gasteiger partial charge in [-0.3, -0.25) is 4.79 Å². The molecule has 0 aromatic carbocycles. The molecule has 4 rings (SSSR count). The summed E-state index contributed by atoms with van der Waals surface area (Å²) < 4.78 is 57.5. The number of anilines is 3. The molecule has 218 valence electrons. The molecule has 2 saturated heterocycles. The van der Waals surface area contributed by atoms with E-state index in [1.54, 1.807) is 37.9 Å². The number of aromatic nitrogens is 2. The minimum Gasteiger partial charge on any atom is -0.370 e. The standard InChI is InChI=1S/C26H34F2N6O5S/c1-25(2,3)32-24(36)39-40(37,38)21-15-18(7-10-29-21)31-23(35)20-16-19(33-11-5-4-6-12-33)17-30-22(20)34-13-8-26(27,28)9-14-34/h7,10,15-17H,4-6,8-9,11-14H2,1-3H3,(H,32,36)(H,29,31,35). The van der Waals surface area contributed by atoms with Gasteiger partial charge < -0.3 is 24.6 Å². The molecular formula is C26H34F2N6O5S. The van der Waals surface area contributed by atoms with Crippen molar-refractivity contribution >= 4 is 39.3 Å². The first kappa shape index (κ1) is 29.4. The molecule has 2 fully saturated rings. The lowest BCUT2D eigenvalue weighted by molar-refractivity contribution is -0.0221. The quantitative estimate of drug-likeness (QED) is 0.483. The number of nitrogens with one attached hydrogen (secondary N) is 2. The van der Waals surface area contributed by atoms with Gasteiger partial charge in [0, 0.05) is 62.5 Å². The van der Waals surface area contributed by atoms with E-state index < -0.39 is 38.6 Å². The summed E-state index contributed by atoms with van der Waals surface area (Å²) in [4.78, 5) is 37.6. The topological polar surface area (TPSA) is 134 Å². The number of pyridine rings is 2. The maximum Gasteiger partial charge on any atom is 0.423 e. The highest BCUT2D eigenvalue weighted by molar-refractivity contribution is 7.87. The number of nitrogens with zero attached hydrogens (tertiary/aromatic N) is 4. The molecule has 0 aliphatic carbocycles. The van der Waals surface area contributed by atoms with E-state index >= 15 is 0 Å². The third-order valence-electron chi connectivity index (χ3n) is 6.52. The lowest BCUT2D eigenvalue weighted by atomic mass is 10.1. The summed E-state index contributed by atoms with van der Waals surface area (Å²) in [5, 5.41) is 4.47. The van der Waals surface area contributed by atoms with Crippen LogP contribution < -0.4 is 20.4 Å². The van der Waals surface area contributed by atoms with Gasteiger partial charge >= 0.3 is 16.2 Å². The number of hydrogen-bond acceptors (Lipinski definition) is 9. The number of amides is 2. The van der Waals surface area contributed by atoms with E-state index in [2.05, 4.69) is 29.7 Å². The Morgan fingerprint density at radius 3 is 2.33 bits per heavy atom. The third kappa shape index (κ3) is 7.55. The zero-order valence-electron chi connectivity index (χ0n) is 22.7. The largest absolute Gasteiger partial charge is 0.423 e. The van der Waals surface area contributed by atoms with Crippen molar-refractivity contribution in [2.75, 3.05) is 41.3 Å². The average Bonchev–Trinajstić information content (AvgIpc) is 2.87. The second-order valence-electron chi connectivity index (χ2n) is 11.0. The van der Waals surface area contributed by atoms with Gasteiger partial charge in [-0.15, -0.1) is 0 Å². The van der Waals surface area contributed by atoms with Crippen LogP contribution in [0.2, 0.25) is 0 Å². The Morgan fingerprint density at radius 1 is 1.00 bits per heavy atom. The average molecular weight is 581 g/mol. The number of carbonyl (C=O) groups excluding carboxylic acids is 2. The molecule has 0 unspecified atom stereocenters. The minimum atomic E-state index is -4.59. The van der Waals surface area contributed by atoms with E-state index in [9.17, 15) is 26.8 Å². The first-order chi connectivity index (χ1) is 18.7. The SMILES string of the molecule is CC(C)(C)NC(=O)OS(=O)(=O)c1cc(NC(=O)c2cc(N3CCCCC3)cnc2N2CCC(F)(F)CC2)ccn1. The molecule has 2 aromatic rings. The molecule has 2 aliphatic heterocycles. The number of carbonyl (C=O) groups is 2. The highest BCUT2D eigenvalue weighted by Gasteiger charge is 2.36. The Balaban J connectivity index is 1.58. The summed E-state index contributed by atoms with van der Waals surface area (Å²) in [6, 6.07) is 4.14. The summed E-state index contributed by atoms with van der Waals surface area (Å²) in [7, 11) is -4.59. The maximum absolute atomic E-state index is 13.8. The van der Waals surface area contributed by atoms with Crippen molar-refractivity contribution in [2.45, 2.75) is 69.4 Å². The van der Waals surface area contributed by atoms with Crippen molar-refractivity contribution in [1.29, 1.82) is 0 Å². The smallest absolute Gasteiger partial charge is 0.370 e. The molecule has 14 heteroatoms. The molecule has 0 spiro atoms. The zero-order chi connectivity index (χ0) is 29.1. The van der Waals surface area contributed by atoms with Crippen LogP contribution in [0.4, 0.5) is 30.8 Å². The zero-order valence-corrected chi connectivity index (χ0v) is 23.6. The van der Waals surface area contributed by atoms with Gasteiger partial charge in [-0.1, -0.05) is 0 Å². The molecule has 0 saturated carbocycles. The second kappa shape index (κ2) is 11.5. The Bertz CT molecular complexity index is 1350. The van der Waals surface area contributed by atoms with Crippen molar-refractivity contribution in [3.8, 4) is 0 Å². The Morgan fingerprint density at radius 2 is 1.68 bits per heavy atom. The van der Waals surface area contributed by atoms with E-state index in [1.165, 1.54) is 6.07 Å². The molecule has 2 aliphatic rings. The van der Waals surface area contributed by atoms with Crippen LogP contribution in [0.15, 0.2) is 35.6 Å². The van der Waals surface area contributed by atoms with Gasteiger partial charge in [0.25, 0.3) is 11.8 Å². The summed E-state index contributed by atoms with van der Waals surface area (Å²) in [6.07, 6.45) is 4.08. The van der Waals surface area contributed by atoms with Gasteiger partial charge in [0.15, 0.2) is 5.03 Å². The Hall–Kier alpha value is -3.55. The summed E-state index contributed by atoms with van der Waals surface area (Å²) in [5.41, 5.74) is 0.273. The number of piperidine rings is 2. The van der Waals surface area contributed by atoms with E-state index in [4.69, 9.17) is 0 Å². The Labute approximate surface area is 232 Å². The van der Waals surface area contributed by atoms with E-state index in [1.807, 2.05) is 0 Å². The summed E-state index contributed by atoms with van der Waals surface area (Å²) >= 11 is 0. The number of hydrogen-bond donors (Lipinski definition) is 2. The molecule has 40 heavy (non-hydrogen) atoms. The predicted molar refractivity (Wildman–Crippen MR) is 145 cm³/mol. The van der Waals surface area contributed by atoms with Crippen LogP contribution >= 0.6 is 0 Å². The van der Waals surface area contributed by atoms with Gasteiger partial charge in [0.2, 0.25) is 0 Å². The molecule has 0 radical (unpaired) electrons. The van der Waals surface area contributed by atoms with E-state index in [0.29, 0.717) is 0 Å². The van der Waals surface area contributed by atoms with Crippen LogP contribution in [0.1, 0.15) is 63.2 Å². The van der Waals surface area contributed by atoms with Crippen molar-refractivity contribution in [2.24, 2.45) is 0 Å². The van der Waals surface area contributed by atoms with Gasteiger partial charge in [0.05, 0.1) is 17.4 Å². The summed E-state index contributed by atoms with van der Waals surface area (Å²) in [5.74, 6) is -3.09. The van der Waals surface area contributed by atoms with Gasteiger partial charge in [-0.25, -0.2) is 23.5 Å². The van der Waals surface area contributed by atoms with Crippen molar-refractivity contribution in [1.82, 2.24) is 15.3 Å². The number of halogens is 2. The highest BCUT2D eigenvalue weighted by Crippen LogP contribution is 2.33. The predicted octanol–water partition coefficient (Wildman–Crippen LogP) is 4.17. The second-order valence-corrected chi connectivity index (χ2v) is 12.5. The van der Waals surface area contributed by atoms with Crippen molar-refractivity contribution in [3.05, 3.63) is 36.2 Å². The fourth-order valence-corrected chi connectivity index (χ4v) is 5.32. The molecule has 2 aromatic heterocycles.